The first-order chi connectivity index (χ1) is 20.5. The number of carboxylic acid groups (broad SMARTS) is 1. The molecule has 0 bridgehead atoms. The van der Waals surface area contributed by atoms with Crippen molar-refractivity contribution in [3.8, 4) is 5.75 Å². The van der Waals surface area contributed by atoms with Gasteiger partial charge in [-0.2, -0.15) is 0 Å². The minimum absolute atomic E-state index is 0.0125. The van der Waals surface area contributed by atoms with E-state index in [0.717, 1.165) is 18.4 Å². The van der Waals surface area contributed by atoms with Crippen LogP contribution in [-0.4, -0.2) is 67.5 Å². The summed E-state index contributed by atoms with van der Waals surface area (Å²) in [7, 11) is 0. The number of aromatic carboxylic acids is 1. The Hall–Kier alpha value is -4.85. The van der Waals surface area contributed by atoms with Crippen LogP contribution in [0.4, 0.5) is 10.6 Å². The lowest BCUT2D eigenvalue weighted by atomic mass is 10.2. The van der Waals surface area contributed by atoms with E-state index in [-0.39, 0.29) is 29.2 Å². The van der Waals surface area contributed by atoms with Crippen LogP contribution in [-0.2, 0) is 14.2 Å². The van der Waals surface area contributed by atoms with Crippen molar-refractivity contribution in [3.63, 3.8) is 0 Å². The van der Waals surface area contributed by atoms with Crippen molar-refractivity contribution in [2.75, 3.05) is 5.32 Å². The lowest BCUT2D eigenvalue weighted by Crippen LogP contribution is -2.33. The van der Waals surface area contributed by atoms with E-state index in [1.807, 2.05) is 36.4 Å². The molecule has 42 heavy (non-hydrogen) atoms. The molecule has 3 N–H and O–H groups in total. The van der Waals surface area contributed by atoms with Crippen LogP contribution < -0.4 is 15.4 Å². The SMILES string of the molecule is O=C(Nc1ncnc2c1ncn2C1OC(Oc2ccccc2C(=O)O)C2O[C@H](C=Cc3ccccc3)OC21)NC1CC1. The highest BCUT2D eigenvalue weighted by Crippen LogP contribution is 2.42. The van der Waals surface area contributed by atoms with Crippen molar-refractivity contribution in [1.82, 2.24) is 24.8 Å². The number of rotatable bonds is 8. The fraction of sp³-hybridized carbons (Fsp3) is 0.276. The number of anilines is 1. The van der Waals surface area contributed by atoms with E-state index in [2.05, 4.69) is 25.6 Å². The highest BCUT2D eigenvalue weighted by atomic mass is 16.8. The van der Waals surface area contributed by atoms with Crippen LogP contribution in [0.15, 0.2) is 73.3 Å². The smallest absolute Gasteiger partial charge is 0.339 e. The topological polar surface area (TPSA) is 159 Å². The number of benzene rings is 2. The van der Waals surface area contributed by atoms with Crippen molar-refractivity contribution >= 4 is 35.1 Å². The summed E-state index contributed by atoms with van der Waals surface area (Å²) in [5.41, 5.74) is 1.72. The first kappa shape index (κ1) is 26.1. The molecule has 2 amide bonds. The van der Waals surface area contributed by atoms with Gasteiger partial charge < -0.3 is 29.4 Å². The molecule has 5 atom stereocenters. The van der Waals surface area contributed by atoms with Gasteiger partial charge in [-0.15, -0.1) is 0 Å². The largest absolute Gasteiger partial charge is 0.478 e. The molecule has 7 rings (SSSR count). The Morgan fingerprint density at radius 2 is 1.76 bits per heavy atom. The minimum Gasteiger partial charge on any atom is -0.478 e. The second kappa shape index (κ2) is 10.9. The molecule has 0 spiro atoms. The van der Waals surface area contributed by atoms with E-state index in [9.17, 15) is 14.7 Å². The third-order valence-electron chi connectivity index (χ3n) is 7.11. The molecule has 13 heteroatoms. The van der Waals surface area contributed by atoms with Crippen molar-refractivity contribution in [1.29, 1.82) is 0 Å². The van der Waals surface area contributed by atoms with E-state index < -0.39 is 37.0 Å². The summed E-state index contributed by atoms with van der Waals surface area (Å²) in [6, 6.07) is 15.8. The number of hydrogen-bond donors (Lipinski definition) is 3. The molecule has 2 aromatic carbocycles. The molecule has 4 heterocycles. The van der Waals surface area contributed by atoms with Gasteiger partial charge >= 0.3 is 12.0 Å². The Morgan fingerprint density at radius 3 is 2.57 bits per heavy atom. The molecule has 214 valence electrons. The van der Waals surface area contributed by atoms with Gasteiger partial charge in [0.2, 0.25) is 6.29 Å². The van der Waals surface area contributed by atoms with Crippen LogP contribution >= 0.6 is 0 Å². The maximum Gasteiger partial charge on any atom is 0.339 e. The predicted octanol–water partition coefficient (Wildman–Crippen LogP) is 3.57. The predicted molar refractivity (Wildman–Crippen MR) is 147 cm³/mol. The maximum absolute atomic E-state index is 12.4. The zero-order chi connectivity index (χ0) is 28.6. The van der Waals surface area contributed by atoms with Gasteiger partial charge in [0, 0.05) is 6.04 Å². The van der Waals surface area contributed by atoms with E-state index in [1.54, 1.807) is 28.8 Å². The fourth-order valence-corrected chi connectivity index (χ4v) is 4.96. The van der Waals surface area contributed by atoms with Gasteiger partial charge in [0.1, 0.15) is 23.7 Å². The zero-order valence-corrected chi connectivity index (χ0v) is 22.1. The number of nitrogens with one attached hydrogen (secondary N) is 2. The van der Waals surface area contributed by atoms with E-state index in [4.69, 9.17) is 18.9 Å². The number of amides is 2. The molecule has 2 aliphatic heterocycles. The van der Waals surface area contributed by atoms with Crippen LogP contribution in [0.3, 0.4) is 0 Å². The highest BCUT2D eigenvalue weighted by Gasteiger charge is 2.55. The molecular weight excluding hydrogens is 544 g/mol. The quantitative estimate of drug-likeness (QED) is 0.286. The average molecular weight is 571 g/mol. The van der Waals surface area contributed by atoms with E-state index in [0.29, 0.717) is 11.2 Å². The van der Waals surface area contributed by atoms with Crippen LogP contribution in [0.5, 0.6) is 5.75 Å². The molecule has 4 aromatic rings. The van der Waals surface area contributed by atoms with Crippen molar-refractivity contribution in [3.05, 3.63) is 84.5 Å². The van der Waals surface area contributed by atoms with E-state index >= 15 is 0 Å². The van der Waals surface area contributed by atoms with Crippen molar-refractivity contribution < 1.29 is 33.6 Å². The summed E-state index contributed by atoms with van der Waals surface area (Å²) in [4.78, 5) is 37.2. The molecule has 13 nitrogen and oxygen atoms in total. The maximum atomic E-state index is 12.4. The molecule has 3 aliphatic rings. The molecule has 1 saturated carbocycles. The molecule has 0 radical (unpaired) electrons. The number of ether oxygens (including phenoxy) is 4. The molecular formula is C29H26N6O7. The summed E-state index contributed by atoms with van der Waals surface area (Å²) in [6.45, 7) is 0. The molecule has 2 aromatic heterocycles. The number of fused-ring (bicyclic) bond motifs is 2. The summed E-state index contributed by atoms with van der Waals surface area (Å²) in [5.74, 6) is -0.749. The summed E-state index contributed by atoms with van der Waals surface area (Å²) in [6.07, 6.45) is 4.51. The van der Waals surface area contributed by atoms with Gasteiger partial charge in [-0.3, -0.25) is 9.88 Å². The van der Waals surface area contributed by atoms with Gasteiger partial charge in [0.25, 0.3) is 0 Å². The van der Waals surface area contributed by atoms with Gasteiger partial charge in [-0.05, 0) is 36.6 Å². The molecule has 1 aliphatic carbocycles. The first-order valence-electron chi connectivity index (χ1n) is 13.5. The highest BCUT2D eigenvalue weighted by molar-refractivity contribution is 5.96. The Morgan fingerprint density at radius 1 is 0.976 bits per heavy atom. The normalized spacial score (nSPS) is 25.0. The molecule has 4 unspecified atom stereocenters. The third-order valence-corrected chi connectivity index (χ3v) is 7.11. The number of imidazole rings is 1. The first-order valence-corrected chi connectivity index (χ1v) is 13.5. The molecule has 2 saturated heterocycles. The number of carbonyl (C=O) groups is 2. The molecule has 3 fully saturated rings. The number of para-hydroxylation sites is 1. The zero-order valence-electron chi connectivity index (χ0n) is 22.1. The van der Waals surface area contributed by atoms with Crippen molar-refractivity contribution in [2.24, 2.45) is 0 Å². The minimum atomic E-state index is -1.13. The monoisotopic (exact) mass is 570 g/mol. The number of aromatic nitrogens is 4. The number of carboxylic acids is 1. The van der Waals surface area contributed by atoms with Crippen LogP contribution in [0, 0.1) is 0 Å². The second-order valence-corrected chi connectivity index (χ2v) is 10.1. The Kier molecular flexibility index (Phi) is 6.74. The fourth-order valence-electron chi connectivity index (χ4n) is 4.96. The van der Waals surface area contributed by atoms with Gasteiger partial charge in [-0.1, -0.05) is 48.5 Å². The summed E-state index contributed by atoms with van der Waals surface area (Å²) in [5, 5.41) is 15.3. The number of nitrogens with zero attached hydrogens (tertiary/aromatic N) is 4. The second-order valence-electron chi connectivity index (χ2n) is 10.1. The lowest BCUT2D eigenvalue weighted by molar-refractivity contribution is -0.176. The Labute approximate surface area is 239 Å². The van der Waals surface area contributed by atoms with Gasteiger partial charge in [0.05, 0.1) is 6.33 Å². The van der Waals surface area contributed by atoms with Crippen LogP contribution in [0.1, 0.15) is 35.0 Å². The third kappa shape index (κ3) is 5.16. The Bertz CT molecular complexity index is 1660. The van der Waals surface area contributed by atoms with Crippen LogP contribution in [0.25, 0.3) is 17.2 Å². The van der Waals surface area contributed by atoms with Crippen LogP contribution in [0.2, 0.25) is 0 Å². The Balaban J connectivity index is 1.19. The standard InChI is InChI=1S/C29H26N6O7/c36-27(37)18-8-4-5-9-19(18)39-28-23-22(40-20(41-23)13-10-16-6-2-1-3-7-16)26(42-28)35-15-32-21-24(30-14-31-25(21)35)34-29(38)33-17-11-12-17/h1-10,13-15,17,20,22-23,26,28H,11-12H2,(H,36,37)(H2,30,31,33,34,38)/t20-,22?,23?,26?,28?/m1/s1. The van der Waals surface area contributed by atoms with Gasteiger partial charge in [0.15, 0.2) is 35.6 Å². The van der Waals surface area contributed by atoms with E-state index in [1.165, 1.54) is 18.7 Å². The number of carbonyl (C=O) groups excluding carboxylic acids is 1. The van der Waals surface area contributed by atoms with Gasteiger partial charge in [-0.25, -0.2) is 24.5 Å². The average Bonchev–Trinajstić information content (AvgIpc) is 3.40. The summed E-state index contributed by atoms with van der Waals surface area (Å²) < 4.78 is 26.5. The summed E-state index contributed by atoms with van der Waals surface area (Å²) >= 11 is 0. The number of urea groups is 1. The van der Waals surface area contributed by atoms with Crippen molar-refractivity contribution in [2.45, 2.75) is 49.9 Å². The number of hydrogen-bond acceptors (Lipinski definition) is 9. The lowest BCUT2D eigenvalue weighted by Gasteiger charge is -2.21.